The molecule has 0 aromatic carbocycles. The van der Waals surface area contributed by atoms with Crippen LogP contribution in [0.4, 0.5) is 0 Å². The molecule has 0 saturated heterocycles. The zero-order chi connectivity index (χ0) is 14.8. The highest BCUT2D eigenvalue weighted by molar-refractivity contribution is 9.10. The minimum absolute atomic E-state index is 0.177. The number of thiophene rings is 1. The maximum Gasteiger partial charge on any atom is 0.311 e. The van der Waals surface area contributed by atoms with Crippen molar-refractivity contribution in [2.45, 2.75) is 13.3 Å². The van der Waals surface area contributed by atoms with Gasteiger partial charge in [-0.25, -0.2) is 4.98 Å². The van der Waals surface area contributed by atoms with Crippen LogP contribution in [0.15, 0.2) is 40.6 Å². The van der Waals surface area contributed by atoms with Crippen molar-refractivity contribution in [3.05, 3.63) is 46.3 Å². The number of ether oxygens (including phenoxy) is 1. The molecule has 0 unspecified atom stereocenters. The zero-order valence-corrected chi connectivity index (χ0v) is 13.8. The molecule has 6 heteroatoms. The largest absolute Gasteiger partial charge is 0.466 e. The summed E-state index contributed by atoms with van der Waals surface area (Å²) in [6.07, 6.45) is 2.13. The van der Waals surface area contributed by atoms with E-state index < -0.39 is 0 Å². The molecule has 3 rings (SSSR count). The van der Waals surface area contributed by atoms with Gasteiger partial charge < -0.3 is 4.74 Å². The van der Waals surface area contributed by atoms with Gasteiger partial charge in [0, 0.05) is 11.1 Å². The Morgan fingerprint density at radius 2 is 2.33 bits per heavy atom. The number of pyridine rings is 1. The number of aromatic nitrogens is 2. The van der Waals surface area contributed by atoms with E-state index in [2.05, 4.69) is 33.0 Å². The number of carbonyl (C=O) groups is 1. The van der Waals surface area contributed by atoms with Gasteiger partial charge in [0.1, 0.15) is 0 Å². The molecule has 3 heterocycles. The van der Waals surface area contributed by atoms with Crippen LogP contribution >= 0.6 is 27.3 Å². The van der Waals surface area contributed by atoms with Crippen molar-refractivity contribution in [3.63, 3.8) is 0 Å². The molecular weight excluding hydrogens is 352 g/mol. The number of imidazole rings is 1. The predicted molar refractivity (Wildman–Crippen MR) is 86.5 cm³/mol. The lowest BCUT2D eigenvalue weighted by molar-refractivity contribution is -0.142. The number of carbonyl (C=O) groups excluding carboxylic acids is 1. The van der Waals surface area contributed by atoms with Crippen LogP contribution < -0.4 is 0 Å². The number of halogens is 1. The molecule has 3 aromatic heterocycles. The number of fused-ring (bicyclic) bond motifs is 1. The molecule has 0 N–H and O–H groups in total. The highest BCUT2D eigenvalue weighted by Gasteiger charge is 2.14. The quantitative estimate of drug-likeness (QED) is 0.658. The molecule has 0 aliphatic carbocycles. The number of nitrogens with zero attached hydrogens (tertiary/aromatic N) is 2. The fourth-order valence-electron chi connectivity index (χ4n) is 2.18. The van der Waals surface area contributed by atoms with Gasteiger partial charge in [0.15, 0.2) is 4.73 Å². The van der Waals surface area contributed by atoms with E-state index >= 15 is 0 Å². The number of hydrogen-bond acceptors (Lipinski definition) is 4. The Hall–Kier alpha value is -1.66. The van der Waals surface area contributed by atoms with Crippen LogP contribution in [0, 0.1) is 0 Å². The van der Waals surface area contributed by atoms with Crippen molar-refractivity contribution in [3.8, 4) is 10.4 Å². The topological polar surface area (TPSA) is 43.6 Å². The van der Waals surface area contributed by atoms with Gasteiger partial charge in [0.25, 0.3) is 0 Å². The van der Waals surface area contributed by atoms with E-state index in [1.54, 1.807) is 18.3 Å². The molecule has 4 nitrogen and oxygen atoms in total. The van der Waals surface area contributed by atoms with E-state index in [9.17, 15) is 4.79 Å². The molecule has 0 fully saturated rings. The third-order valence-corrected chi connectivity index (χ3v) is 4.58. The lowest BCUT2D eigenvalue weighted by Gasteiger charge is -2.02. The molecule has 0 aliphatic rings. The fourth-order valence-corrected chi connectivity index (χ4v) is 3.43. The summed E-state index contributed by atoms with van der Waals surface area (Å²) < 4.78 is 7.62. The maximum atomic E-state index is 11.7. The number of hydrogen-bond donors (Lipinski definition) is 0. The normalized spacial score (nSPS) is 11.0. The zero-order valence-electron chi connectivity index (χ0n) is 11.4. The Balaban J connectivity index is 2.04. The van der Waals surface area contributed by atoms with Gasteiger partial charge >= 0.3 is 5.97 Å². The van der Waals surface area contributed by atoms with E-state index in [4.69, 9.17) is 4.74 Å². The molecule has 0 aliphatic heterocycles. The highest BCUT2D eigenvalue weighted by atomic mass is 79.9. The van der Waals surface area contributed by atoms with Gasteiger partial charge in [0.2, 0.25) is 0 Å². The monoisotopic (exact) mass is 364 g/mol. The second-order valence-corrected chi connectivity index (χ2v) is 6.11. The third-order valence-electron chi connectivity index (χ3n) is 3.10. The van der Waals surface area contributed by atoms with Gasteiger partial charge in [-0.3, -0.25) is 9.20 Å². The molecule has 0 spiro atoms. The van der Waals surface area contributed by atoms with Gasteiger partial charge in [0.05, 0.1) is 24.2 Å². The Labute approximate surface area is 134 Å². The summed E-state index contributed by atoms with van der Waals surface area (Å²) in [4.78, 5) is 17.3. The van der Waals surface area contributed by atoms with Crippen LogP contribution in [0.2, 0.25) is 0 Å². The van der Waals surface area contributed by atoms with E-state index in [0.29, 0.717) is 11.3 Å². The summed E-state index contributed by atoms with van der Waals surface area (Å²) in [5.41, 5.74) is 2.76. The number of rotatable bonds is 4. The first kappa shape index (κ1) is 14.3. The van der Waals surface area contributed by atoms with Crippen molar-refractivity contribution in [1.29, 1.82) is 0 Å². The van der Waals surface area contributed by atoms with Crippen molar-refractivity contribution < 1.29 is 9.53 Å². The van der Waals surface area contributed by atoms with E-state index in [1.807, 2.05) is 28.1 Å². The van der Waals surface area contributed by atoms with Gasteiger partial charge in [-0.05, 0) is 52.0 Å². The van der Waals surface area contributed by atoms with Crippen LogP contribution in [0.5, 0.6) is 0 Å². The summed E-state index contributed by atoms with van der Waals surface area (Å²) in [5, 5.41) is 2.05. The highest BCUT2D eigenvalue weighted by Crippen LogP contribution is 2.28. The minimum Gasteiger partial charge on any atom is -0.466 e. The van der Waals surface area contributed by atoms with E-state index in [1.165, 1.54) is 4.88 Å². The van der Waals surface area contributed by atoms with E-state index in [0.717, 1.165) is 16.8 Å². The molecule has 0 radical (unpaired) electrons. The first-order chi connectivity index (χ1) is 10.2. The molecule has 0 saturated carbocycles. The van der Waals surface area contributed by atoms with Gasteiger partial charge in [-0.2, -0.15) is 0 Å². The smallest absolute Gasteiger partial charge is 0.311 e. The minimum atomic E-state index is -0.258. The summed E-state index contributed by atoms with van der Waals surface area (Å²) >= 11 is 5.11. The standard InChI is InChI=1S/C15H13BrN2O2S/c1-2-20-14(19)9-11-12-8-10(13-4-3-7-21-13)5-6-18(12)15(16)17-11/h3-8H,2,9H2,1H3. The molecule has 0 amide bonds. The van der Waals surface area contributed by atoms with Crippen LogP contribution in [0.25, 0.3) is 16.0 Å². The first-order valence-electron chi connectivity index (χ1n) is 6.55. The average Bonchev–Trinajstić information content (AvgIpc) is 3.08. The Kier molecular flexibility index (Phi) is 4.07. The number of esters is 1. The van der Waals surface area contributed by atoms with Gasteiger partial charge in [-0.15, -0.1) is 11.3 Å². The lowest BCUT2D eigenvalue weighted by atomic mass is 10.2. The van der Waals surface area contributed by atoms with Crippen molar-refractivity contribution in [2.24, 2.45) is 0 Å². The molecule has 21 heavy (non-hydrogen) atoms. The van der Waals surface area contributed by atoms with Crippen molar-refractivity contribution >= 4 is 38.8 Å². The second-order valence-electron chi connectivity index (χ2n) is 4.46. The molecule has 3 aromatic rings. The summed E-state index contributed by atoms with van der Waals surface area (Å²) in [7, 11) is 0. The summed E-state index contributed by atoms with van der Waals surface area (Å²) in [6, 6.07) is 8.19. The summed E-state index contributed by atoms with van der Waals surface area (Å²) in [6.45, 7) is 2.18. The second kappa shape index (κ2) is 5.99. The maximum absolute atomic E-state index is 11.7. The Morgan fingerprint density at radius 3 is 3.05 bits per heavy atom. The average molecular weight is 365 g/mol. The predicted octanol–water partition coefficient (Wildman–Crippen LogP) is 3.93. The van der Waals surface area contributed by atoms with Crippen LogP contribution in [-0.2, 0) is 16.0 Å². The molecule has 108 valence electrons. The van der Waals surface area contributed by atoms with Crippen LogP contribution in [0.1, 0.15) is 12.6 Å². The Bertz CT molecular complexity index is 780. The molecular formula is C15H13BrN2O2S. The Morgan fingerprint density at radius 1 is 1.48 bits per heavy atom. The van der Waals surface area contributed by atoms with Crippen molar-refractivity contribution in [2.75, 3.05) is 6.61 Å². The lowest BCUT2D eigenvalue weighted by Crippen LogP contribution is -2.08. The summed E-state index contributed by atoms with van der Waals surface area (Å²) in [5.74, 6) is -0.258. The molecule has 0 atom stereocenters. The SMILES string of the molecule is CCOC(=O)Cc1nc(Br)n2ccc(-c3cccs3)cc12. The van der Waals surface area contributed by atoms with Crippen LogP contribution in [0.3, 0.4) is 0 Å². The van der Waals surface area contributed by atoms with E-state index in [-0.39, 0.29) is 12.4 Å². The van der Waals surface area contributed by atoms with Gasteiger partial charge in [-0.1, -0.05) is 6.07 Å². The van der Waals surface area contributed by atoms with Crippen molar-refractivity contribution in [1.82, 2.24) is 9.38 Å². The van der Waals surface area contributed by atoms with Crippen LogP contribution in [-0.4, -0.2) is 22.0 Å². The first-order valence-corrected chi connectivity index (χ1v) is 8.22. The molecule has 0 bridgehead atoms. The third kappa shape index (κ3) is 2.87. The fraction of sp³-hybridized carbons (Fsp3) is 0.200.